The molecule has 110 valence electrons. The van der Waals surface area contributed by atoms with Gasteiger partial charge in [0.15, 0.2) is 6.61 Å². The summed E-state index contributed by atoms with van der Waals surface area (Å²) in [6, 6.07) is 13.4. The minimum Gasteiger partial charge on any atom is -0.451 e. The van der Waals surface area contributed by atoms with Crippen LogP contribution in [-0.2, 0) is 16.0 Å². The number of carbonyl (C=O) groups excluding carboxylic acids is 2. The van der Waals surface area contributed by atoms with Crippen molar-refractivity contribution >= 4 is 11.9 Å². The Balaban J connectivity index is 1.59. The van der Waals surface area contributed by atoms with E-state index in [9.17, 15) is 9.59 Å². The van der Waals surface area contributed by atoms with Crippen LogP contribution in [0.4, 0.5) is 0 Å². The Bertz CT molecular complexity index is 564. The van der Waals surface area contributed by atoms with Gasteiger partial charge in [0.2, 0.25) is 0 Å². The first-order valence-corrected chi connectivity index (χ1v) is 6.87. The van der Waals surface area contributed by atoms with Crippen LogP contribution in [0.25, 0.3) is 0 Å². The zero-order valence-electron chi connectivity index (χ0n) is 11.7. The van der Waals surface area contributed by atoms with Crippen molar-refractivity contribution in [3.8, 4) is 0 Å². The molecule has 1 aromatic heterocycles. The standard InChI is InChI=1S/C16H18N2O3/c19-15(12-21-16(20)14-9-5-10-17-14)18-11-4-8-13-6-2-1-3-7-13/h1-3,5-7,9-10,17H,4,8,11-12H2,(H,18,19). The summed E-state index contributed by atoms with van der Waals surface area (Å²) in [4.78, 5) is 25.7. The second-order valence-electron chi connectivity index (χ2n) is 4.60. The van der Waals surface area contributed by atoms with Crippen LogP contribution < -0.4 is 5.32 Å². The molecule has 0 unspecified atom stereocenters. The maximum absolute atomic E-state index is 11.5. The van der Waals surface area contributed by atoms with Crippen LogP contribution in [0.2, 0.25) is 0 Å². The van der Waals surface area contributed by atoms with E-state index in [0.29, 0.717) is 12.2 Å². The van der Waals surface area contributed by atoms with Crippen molar-refractivity contribution in [3.05, 3.63) is 59.9 Å². The lowest BCUT2D eigenvalue weighted by Crippen LogP contribution is -2.29. The predicted molar refractivity (Wildman–Crippen MR) is 78.8 cm³/mol. The van der Waals surface area contributed by atoms with Crippen molar-refractivity contribution in [1.29, 1.82) is 0 Å². The van der Waals surface area contributed by atoms with Gasteiger partial charge in [0.25, 0.3) is 5.91 Å². The zero-order chi connectivity index (χ0) is 14.9. The molecule has 0 spiro atoms. The summed E-state index contributed by atoms with van der Waals surface area (Å²) in [5.74, 6) is -0.817. The Kier molecular flexibility index (Phi) is 5.58. The summed E-state index contributed by atoms with van der Waals surface area (Å²) in [7, 11) is 0. The van der Waals surface area contributed by atoms with Crippen molar-refractivity contribution in [2.75, 3.05) is 13.2 Å². The third-order valence-electron chi connectivity index (χ3n) is 2.96. The highest BCUT2D eigenvalue weighted by Crippen LogP contribution is 2.01. The number of benzene rings is 1. The number of ether oxygens (including phenoxy) is 1. The molecule has 0 saturated carbocycles. The third-order valence-corrected chi connectivity index (χ3v) is 2.96. The van der Waals surface area contributed by atoms with E-state index >= 15 is 0 Å². The highest BCUT2D eigenvalue weighted by molar-refractivity contribution is 5.89. The second kappa shape index (κ2) is 7.89. The number of H-pyrrole nitrogens is 1. The monoisotopic (exact) mass is 286 g/mol. The Morgan fingerprint density at radius 1 is 1.10 bits per heavy atom. The van der Waals surface area contributed by atoms with Crippen LogP contribution in [0.15, 0.2) is 48.7 Å². The first kappa shape index (κ1) is 14.8. The molecule has 0 aliphatic heterocycles. The van der Waals surface area contributed by atoms with E-state index in [1.54, 1.807) is 18.3 Å². The molecule has 2 N–H and O–H groups in total. The second-order valence-corrected chi connectivity index (χ2v) is 4.60. The van der Waals surface area contributed by atoms with Crippen LogP contribution in [0.1, 0.15) is 22.5 Å². The van der Waals surface area contributed by atoms with Gasteiger partial charge in [0.05, 0.1) is 0 Å². The van der Waals surface area contributed by atoms with Gasteiger partial charge in [-0.15, -0.1) is 0 Å². The predicted octanol–water partition coefficient (Wildman–Crippen LogP) is 1.92. The van der Waals surface area contributed by atoms with E-state index in [1.165, 1.54) is 5.56 Å². The summed E-state index contributed by atoms with van der Waals surface area (Å²) >= 11 is 0. The molecule has 0 radical (unpaired) electrons. The molecular formula is C16H18N2O3. The molecular weight excluding hydrogens is 268 g/mol. The Labute approximate surface area is 123 Å². The van der Waals surface area contributed by atoms with Gasteiger partial charge in [-0.2, -0.15) is 0 Å². The lowest BCUT2D eigenvalue weighted by atomic mass is 10.1. The molecule has 0 aliphatic carbocycles. The average Bonchev–Trinajstić information content (AvgIpc) is 3.05. The number of carbonyl (C=O) groups is 2. The summed E-state index contributed by atoms with van der Waals surface area (Å²) in [5, 5.41) is 2.73. The number of amides is 1. The molecule has 0 fully saturated rings. The van der Waals surface area contributed by atoms with Gasteiger partial charge >= 0.3 is 5.97 Å². The largest absolute Gasteiger partial charge is 0.451 e. The van der Waals surface area contributed by atoms with E-state index in [4.69, 9.17) is 4.74 Å². The highest BCUT2D eigenvalue weighted by atomic mass is 16.5. The molecule has 0 aliphatic rings. The van der Waals surface area contributed by atoms with Crippen LogP contribution >= 0.6 is 0 Å². The van der Waals surface area contributed by atoms with Gasteiger partial charge in [-0.3, -0.25) is 4.79 Å². The van der Waals surface area contributed by atoms with Gasteiger partial charge in [0.1, 0.15) is 5.69 Å². The number of esters is 1. The Morgan fingerprint density at radius 2 is 1.90 bits per heavy atom. The fourth-order valence-electron chi connectivity index (χ4n) is 1.88. The topological polar surface area (TPSA) is 71.2 Å². The quantitative estimate of drug-likeness (QED) is 0.603. The van der Waals surface area contributed by atoms with Gasteiger partial charge in [0, 0.05) is 12.7 Å². The van der Waals surface area contributed by atoms with E-state index in [-0.39, 0.29) is 12.5 Å². The molecule has 2 aromatic rings. The van der Waals surface area contributed by atoms with Gasteiger partial charge in [-0.1, -0.05) is 30.3 Å². The van der Waals surface area contributed by atoms with Crippen molar-refractivity contribution in [2.45, 2.75) is 12.8 Å². The molecule has 1 aromatic carbocycles. The SMILES string of the molecule is O=C(COC(=O)c1ccc[nH]1)NCCCc1ccccc1. The number of aryl methyl sites for hydroxylation is 1. The lowest BCUT2D eigenvalue weighted by molar-refractivity contribution is -0.124. The van der Waals surface area contributed by atoms with Crippen LogP contribution in [0.5, 0.6) is 0 Å². The number of rotatable bonds is 7. The van der Waals surface area contributed by atoms with Crippen molar-refractivity contribution in [3.63, 3.8) is 0 Å². The van der Waals surface area contributed by atoms with Crippen LogP contribution in [0, 0.1) is 0 Å². The van der Waals surface area contributed by atoms with Crippen molar-refractivity contribution < 1.29 is 14.3 Å². The van der Waals surface area contributed by atoms with E-state index < -0.39 is 5.97 Å². The molecule has 21 heavy (non-hydrogen) atoms. The number of hydrogen-bond donors (Lipinski definition) is 2. The maximum atomic E-state index is 11.5. The van der Waals surface area contributed by atoms with Gasteiger partial charge in [-0.05, 0) is 30.5 Å². The van der Waals surface area contributed by atoms with Crippen molar-refractivity contribution in [2.24, 2.45) is 0 Å². The molecule has 2 rings (SSSR count). The van der Waals surface area contributed by atoms with E-state index in [2.05, 4.69) is 22.4 Å². The number of aromatic amines is 1. The summed E-state index contributed by atoms with van der Waals surface area (Å²) in [6.07, 6.45) is 3.38. The van der Waals surface area contributed by atoms with Crippen LogP contribution in [0.3, 0.4) is 0 Å². The Morgan fingerprint density at radius 3 is 2.62 bits per heavy atom. The first-order valence-electron chi connectivity index (χ1n) is 6.87. The number of aromatic nitrogens is 1. The van der Waals surface area contributed by atoms with E-state index in [0.717, 1.165) is 12.8 Å². The minimum absolute atomic E-state index is 0.261. The van der Waals surface area contributed by atoms with E-state index in [1.807, 2.05) is 18.2 Å². The fraction of sp³-hybridized carbons (Fsp3) is 0.250. The lowest BCUT2D eigenvalue weighted by Gasteiger charge is -2.06. The molecule has 0 atom stereocenters. The van der Waals surface area contributed by atoms with Gasteiger partial charge in [-0.25, -0.2) is 4.79 Å². The molecule has 0 saturated heterocycles. The molecule has 0 bridgehead atoms. The summed E-state index contributed by atoms with van der Waals surface area (Å²) in [5.41, 5.74) is 1.58. The molecule has 1 amide bonds. The molecule has 5 heteroatoms. The normalized spacial score (nSPS) is 10.1. The van der Waals surface area contributed by atoms with Crippen LogP contribution in [-0.4, -0.2) is 30.0 Å². The maximum Gasteiger partial charge on any atom is 0.355 e. The zero-order valence-corrected chi connectivity index (χ0v) is 11.7. The minimum atomic E-state index is -0.528. The molecule has 5 nitrogen and oxygen atoms in total. The number of nitrogens with one attached hydrogen (secondary N) is 2. The Hall–Kier alpha value is -2.56. The average molecular weight is 286 g/mol. The fourth-order valence-corrected chi connectivity index (χ4v) is 1.88. The molecule has 1 heterocycles. The first-order chi connectivity index (χ1) is 10.3. The summed E-state index contributed by atoms with van der Waals surface area (Å²) in [6.45, 7) is 0.303. The van der Waals surface area contributed by atoms with Crippen molar-refractivity contribution in [1.82, 2.24) is 10.3 Å². The highest BCUT2D eigenvalue weighted by Gasteiger charge is 2.09. The number of hydrogen-bond acceptors (Lipinski definition) is 3. The van der Waals surface area contributed by atoms with Gasteiger partial charge < -0.3 is 15.0 Å². The third kappa shape index (κ3) is 5.14. The smallest absolute Gasteiger partial charge is 0.355 e. The summed E-state index contributed by atoms with van der Waals surface area (Å²) < 4.78 is 4.88.